The molecule has 1 aromatic heterocycles. The highest BCUT2D eigenvalue weighted by Gasteiger charge is 2.44. The first kappa shape index (κ1) is 14.7. The van der Waals surface area contributed by atoms with Crippen LogP contribution in [0.4, 0.5) is 0 Å². The van der Waals surface area contributed by atoms with Crippen molar-refractivity contribution in [3.05, 3.63) is 21.9 Å². The molecule has 100 valence electrons. The van der Waals surface area contributed by atoms with Gasteiger partial charge in [-0.15, -0.1) is 0 Å². The molecule has 1 amide bonds. The minimum absolute atomic E-state index is 0.229. The van der Waals surface area contributed by atoms with Crippen LogP contribution in [0.25, 0.3) is 0 Å². The topological polar surface area (TPSA) is 66.4 Å². The van der Waals surface area contributed by atoms with Gasteiger partial charge in [-0.05, 0) is 45.6 Å². The minimum Gasteiger partial charge on any atom is -0.481 e. The molecule has 2 N–H and O–H groups in total. The fourth-order valence-corrected chi connectivity index (χ4v) is 2.20. The van der Waals surface area contributed by atoms with Gasteiger partial charge < -0.3 is 10.4 Å². The predicted octanol–water partition coefficient (Wildman–Crippen LogP) is 2.68. The number of rotatable bonds is 4. The molecule has 0 fully saturated rings. The van der Waals surface area contributed by atoms with Crippen LogP contribution in [0.5, 0.6) is 0 Å². The SMILES string of the molecule is Cc1cscc1C(=O)NC(C)(C)C(C)(C)C(=O)O. The molecule has 5 heteroatoms. The zero-order chi connectivity index (χ0) is 14.1. The summed E-state index contributed by atoms with van der Waals surface area (Å²) >= 11 is 1.46. The van der Waals surface area contributed by atoms with Crippen molar-refractivity contribution in [3.8, 4) is 0 Å². The Morgan fingerprint density at radius 2 is 1.78 bits per heavy atom. The van der Waals surface area contributed by atoms with E-state index >= 15 is 0 Å². The standard InChI is InChI=1S/C13H19NO3S/c1-8-6-18-7-9(8)10(15)14-13(4,5)12(2,3)11(16)17/h6-7H,1-5H3,(H,14,15)(H,16,17). The van der Waals surface area contributed by atoms with E-state index in [1.54, 1.807) is 33.1 Å². The van der Waals surface area contributed by atoms with Gasteiger partial charge in [-0.2, -0.15) is 11.3 Å². The van der Waals surface area contributed by atoms with E-state index in [1.165, 1.54) is 11.3 Å². The molecule has 0 aliphatic carbocycles. The maximum absolute atomic E-state index is 12.1. The van der Waals surface area contributed by atoms with Crippen molar-refractivity contribution in [2.24, 2.45) is 5.41 Å². The molecule has 0 saturated carbocycles. The van der Waals surface area contributed by atoms with Crippen molar-refractivity contribution in [2.45, 2.75) is 40.2 Å². The molecule has 4 nitrogen and oxygen atoms in total. The summed E-state index contributed by atoms with van der Waals surface area (Å²) in [5.41, 5.74) is -0.382. The van der Waals surface area contributed by atoms with E-state index < -0.39 is 16.9 Å². The van der Waals surface area contributed by atoms with Gasteiger partial charge in [-0.3, -0.25) is 9.59 Å². The summed E-state index contributed by atoms with van der Waals surface area (Å²) in [4.78, 5) is 23.4. The molecular formula is C13H19NO3S. The molecule has 0 radical (unpaired) electrons. The lowest BCUT2D eigenvalue weighted by Crippen LogP contribution is -2.57. The van der Waals surface area contributed by atoms with E-state index in [1.807, 2.05) is 12.3 Å². The normalized spacial score (nSPS) is 12.3. The molecule has 0 aromatic carbocycles. The molecule has 18 heavy (non-hydrogen) atoms. The van der Waals surface area contributed by atoms with Gasteiger partial charge >= 0.3 is 5.97 Å². The second-order valence-corrected chi connectivity index (χ2v) is 6.22. The molecule has 0 aliphatic heterocycles. The fourth-order valence-electron chi connectivity index (χ4n) is 1.37. The van der Waals surface area contributed by atoms with Crippen molar-refractivity contribution >= 4 is 23.2 Å². The van der Waals surface area contributed by atoms with Crippen LogP contribution in [-0.2, 0) is 4.79 Å². The number of aryl methyl sites for hydroxylation is 1. The molecule has 0 unspecified atom stereocenters. The Morgan fingerprint density at radius 3 is 2.17 bits per heavy atom. The quantitative estimate of drug-likeness (QED) is 0.883. The lowest BCUT2D eigenvalue weighted by atomic mass is 9.74. The summed E-state index contributed by atoms with van der Waals surface area (Å²) in [5, 5.41) is 15.7. The third kappa shape index (κ3) is 2.56. The number of carbonyl (C=O) groups excluding carboxylic acids is 1. The number of amides is 1. The van der Waals surface area contributed by atoms with Crippen molar-refractivity contribution in [3.63, 3.8) is 0 Å². The molecule has 1 rings (SSSR count). The average molecular weight is 269 g/mol. The maximum atomic E-state index is 12.1. The van der Waals surface area contributed by atoms with Crippen LogP contribution >= 0.6 is 11.3 Å². The molecule has 0 spiro atoms. The number of carbonyl (C=O) groups is 2. The van der Waals surface area contributed by atoms with E-state index in [-0.39, 0.29) is 5.91 Å². The third-order valence-electron chi connectivity index (χ3n) is 3.62. The van der Waals surface area contributed by atoms with E-state index in [0.29, 0.717) is 5.56 Å². The van der Waals surface area contributed by atoms with Gasteiger partial charge in [-0.25, -0.2) is 0 Å². The highest BCUT2D eigenvalue weighted by atomic mass is 32.1. The second-order valence-electron chi connectivity index (χ2n) is 5.48. The summed E-state index contributed by atoms with van der Waals surface area (Å²) in [6, 6.07) is 0. The number of carboxylic acids is 1. The van der Waals surface area contributed by atoms with E-state index in [0.717, 1.165) is 5.56 Å². The van der Waals surface area contributed by atoms with Gasteiger partial charge in [0.25, 0.3) is 5.91 Å². The highest BCUT2D eigenvalue weighted by molar-refractivity contribution is 7.08. The predicted molar refractivity (Wildman–Crippen MR) is 72.0 cm³/mol. The lowest BCUT2D eigenvalue weighted by molar-refractivity contribution is -0.150. The summed E-state index contributed by atoms with van der Waals surface area (Å²) in [6.07, 6.45) is 0. The largest absolute Gasteiger partial charge is 0.481 e. The average Bonchev–Trinajstić information content (AvgIpc) is 2.63. The van der Waals surface area contributed by atoms with Crippen LogP contribution in [0.3, 0.4) is 0 Å². The van der Waals surface area contributed by atoms with E-state index in [9.17, 15) is 14.7 Å². The summed E-state index contributed by atoms with van der Waals surface area (Å²) in [7, 11) is 0. The molecule has 0 saturated heterocycles. The van der Waals surface area contributed by atoms with Gasteiger partial charge in [0.2, 0.25) is 0 Å². The summed E-state index contributed by atoms with van der Waals surface area (Å²) in [6.45, 7) is 8.52. The first-order valence-corrected chi connectivity index (χ1v) is 6.62. The second kappa shape index (κ2) is 4.72. The van der Waals surface area contributed by atoms with Gasteiger partial charge in [0, 0.05) is 5.38 Å². The monoisotopic (exact) mass is 269 g/mol. The zero-order valence-electron chi connectivity index (χ0n) is 11.3. The molecule has 0 bridgehead atoms. The fraction of sp³-hybridized carbons (Fsp3) is 0.538. The Hall–Kier alpha value is -1.36. The number of aliphatic carboxylic acids is 1. The number of nitrogens with one attached hydrogen (secondary N) is 1. The van der Waals surface area contributed by atoms with Crippen LogP contribution in [0.1, 0.15) is 43.6 Å². The lowest BCUT2D eigenvalue weighted by Gasteiger charge is -2.38. The smallest absolute Gasteiger partial charge is 0.311 e. The summed E-state index contributed by atoms with van der Waals surface area (Å²) < 4.78 is 0. The Kier molecular flexibility index (Phi) is 3.86. The molecule has 0 atom stereocenters. The van der Waals surface area contributed by atoms with Crippen LogP contribution in [0.2, 0.25) is 0 Å². The molecule has 1 heterocycles. The minimum atomic E-state index is -1.05. The van der Waals surface area contributed by atoms with Crippen LogP contribution < -0.4 is 5.32 Å². The third-order valence-corrected chi connectivity index (χ3v) is 4.48. The van der Waals surface area contributed by atoms with Gasteiger partial charge in [0.1, 0.15) is 0 Å². The van der Waals surface area contributed by atoms with Crippen LogP contribution in [0, 0.1) is 12.3 Å². The molecule has 0 aliphatic rings. The van der Waals surface area contributed by atoms with Gasteiger partial charge in [0.15, 0.2) is 0 Å². The van der Waals surface area contributed by atoms with E-state index in [4.69, 9.17) is 0 Å². The maximum Gasteiger partial charge on any atom is 0.311 e. The highest BCUT2D eigenvalue weighted by Crippen LogP contribution is 2.31. The molecular weight excluding hydrogens is 250 g/mol. The Balaban J connectivity index is 2.94. The number of carboxylic acid groups (broad SMARTS) is 1. The molecule has 1 aromatic rings. The first-order chi connectivity index (χ1) is 8.09. The van der Waals surface area contributed by atoms with Crippen molar-refractivity contribution < 1.29 is 14.7 Å². The van der Waals surface area contributed by atoms with Crippen LogP contribution in [-0.4, -0.2) is 22.5 Å². The number of hydrogen-bond donors (Lipinski definition) is 2. The van der Waals surface area contributed by atoms with Crippen LogP contribution in [0.15, 0.2) is 10.8 Å². The first-order valence-electron chi connectivity index (χ1n) is 5.68. The van der Waals surface area contributed by atoms with Gasteiger partial charge in [0.05, 0.1) is 16.5 Å². The van der Waals surface area contributed by atoms with Crippen molar-refractivity contribution in [2.75, 3.05) is 0 Å². The Bertz CT molecular complexity index is 474. The Morgan fingerprint density at radius 1 is 1.22 bits per heavy atom. The van der Waals surface area contributed by atoms with Gasteiger partial charge in [-0.1, -0.05) is 0 Å². The van der Waals surface area contributed by atoms with Crippen molar-refractivity contribution in [1.82, 2.24) is 5.32 Å². The zero-order valence-corrected chi connectivity index (χ0v) is 12.1. The van der Waals surface area contributed by atoms with Crippen molar-refractivity contribution in [1.29, 1.82) is 0 Å². The Labute approximate surface area is 111 Å². The number of hydrogen-bond acceptors (Lipinski definition) is 3. The number of thiophene rings is 1. The van der Waals surface area contributed by atoms with E-state index in [2.05, 4.69) is 5.32 Å². The summed E-state index contributed by atoms with van der Waals surface area (Å²) in [5.74, 6) is -1.16.